The zero-order valence-electron chi connectivity index (χ0n) is 16.1. The third kappa shape index (κ3) is 4.15. The number of carbonyl (C=O) groups is 1. The quantitative estimate of drug-likeness (QED) is 0.596. The minimum Gasteiger partial charge on any atom is -0.302 e. The molecule has 3 rings (SSSR count). The van der Waals surface area contributed by atoms with Crippen LogP contribution in [0.1, 0.15) is 29.9 Å². The van der Waals surface area contributed by atoms with Crippen LogP contribution in [0.15, 0.2) is 24.4 Å². The number of anilines is 1. The van der Waals surface area contributed by atoms with Gasteiger partial charge in [-0.3, -0.25) is 14.4 Å². The number of halogens is 1. The van der Waals surface area contributed by atoms with Gasteiger partial charge in [-0.1, -0.05) is 36.8 Å². The molecular formula is C19H24ClN5OS. The molecule has 0 radical (unpaired) electrons. The molecule has 1 aromatic carbocycles. The number of aromatic nitrogens is 3. The summed E-state index contributed by atoms with van der Waals surface area (Å²) in [7, 11) is 1.81. The summed E-state index contributed by atoms with van der Waals surface area (Å²) in [5.74, 6) is -0.134. The molecule has 0 aliphatic rings. The van der Waals surface area contributed by atoms with Gasteiger partial charge in [0, 0.05) is 31.4 Å². The highest BCUT2D eigenvalue weighted by Crippen LogP contribution is 2.34. The second-order valence-electron chi connectivity index (χ2n) is 6.37. The van der Waals surface area contributed by atoms with Crippen LogP contribution >= 0.6 is 22.9 Å². The Morgan fingerprint density at radius 3 is 2.59 bits per heavy atom. The van der Waals surface area contributed by atoms with Crippen LogP contribution in [-0.4, -0.2) is 51.8 Å². The van der Waals surface area contributed by atoms with Gasteiger partial charge >= 0.3 is 0 Å². The van der Waals surface area contributed by atoms with Crippen LogP contribution in [0.5, 0.6) is 0 Å². The molecule has 1 amide bonds. The predicted octanol–water partition coefficient (Wildman–Crippen LogP) is 3.98. The molecule has 27 heavy (non-hydrogen) atoms. The lowest BCUT2D eigenvalue weighted by Crippen LogP contribution is -2.39. The summed E-state index contributed by atoms with van der Waals surface area (Å²) in [6.07, 6.45) is 1.78. The highest BCUT2D eigenvalue weighted by atomic mass is 35.5. The molecule has 0 saturated carbocycles. The second-order valence-corrected chi connectivity index (χ2v) is 7.79. The monoisotopic (exact) mass is 405 g/mol. The van der Waals surface area contributed by atoms with Crippen molar-refractivity contribution in [2.45, 2.75) is 20.8 Å². The van der Waals surface area contributed by atoms with Crippen molar-refractivity contribution < 1.29 is 4.79 Å². The van der Waals surface area contributed by atoms with Crippen LogP contribution < -0.4 is 4.90 Å². The lowest BCUT2D eigenvalue weighted by Gasteiger charge is -2.24. The number of nitrogens with zero attached hydrogens (tertiary/aromatic N) is 5. The summed E-state index contributed by atoms with van der Waals surface area (Å²) in [6, 6.07) is 5.57. The van der Waals surface area contributed by atoms with Crippen LogP contribution in [0.4, 0.5) is 5.13 Å². The van der Waals surface area contributed by atoms with Crippen molar-refractivity contribution in [3.05, 3.63) is 40.7 Å². The summed E-state index contributed by atoms with van der Waals surface area (Å²) in [5.41, 5.74) is 2.21. The van der Waals surface area contributed by atoms with Crippen LogP contribution in [0.3, 0.4) is 0 Å². The molecule has 0 unspecified atom stereocenters. The average molecular weight is 406 g/mol. The Morgan fingerprint density at radius 1 is 1.22 bits per heavy atom. The standard InChI is InChI=1S/C19H24ClN5OS/c1-5-24(6-2)11-12-25(18(26)15-9-10-23(4)22-15)19-21-17-13(3)14(20)7-8-16(17)27-19/h7-10H,5-6,11-12H2,1-4H3. The number of likely N-dealkylation sites (N-methyl/N-ethyl adjacent to an activating group) is 1. The summed E-state index contributed by atoms with van der Waals surface area (Å²) in [5, 5.41) is 5.64. The topological polar surface area (TPSA) is 54.3 Å². The van der Waals surface area contributed by atoms with Crippen molar-refractivity contribution >= 4 is 44.2 Å². The van der Waals surface area contributed by atoms with Gasteiger partial charge in [0.05, 0.1) is 10.2 Å². The maximum atomic E-state index is 13.1. The third-order valence-corrected chi connectivity index (χ3v) is 6.13. The number of thiazole rings is 1. The summed E-state index contributed by atoms with van der Waals surface area (Å²) >= 11 is 7.75. The van der Waals surface area contributed by atoms with E-state index in [9.17, 15) is 4.79 Å². The molecule has 6 nitrogen and oxygen atoms in total. The number of hydrogen-bond acceptors (Lipinski definition) is 5. The van der Waals surface area contributed by atoms with Crippen LogP contribution in [0.25, 0.3) is 10.2 Å². The summed E-state index contributed by atoms with van der Waals surface area (Å²) in [6.45, 7) is 9.42. The van der Waals surface area contributed by atoms with E-state index in [1.807, 2.05) is 19.1 Å². The molecule has 0 aliphatic heterocycles. The van der Waals surface area contributed by atoms with Gasteiger partial charge in [0.25, 0.3) is 5.91 Å². The van der Waals surface area contributed by atoms with Crippen molar-refractivity contribution in [3.8, 4) is 0 Å². The van der Waals surface area contributed by atoms with Gasteiger partial charge < -0.3 is 4.90 Å². The molecule has 0 spiro atoms. The smallest absolute Gasteiger partial charge is 0.280 e. The normalized spacial score (nSPS) is 11.5. The Hall–Kier alpha value is -1.96. The van der Waals surface area contributed by atoms with E-state index >= 15 is 0 Å². The number of benzene rings is 1. The predicted molar refractivity (Wildman–Crippen MR) is 112 cm³/mol. The van der Waals surface area contributed by atoms with Crippen molar-refractivity contribution in [1.82, 2.24) is 19.7 Å². The van der Waals surface area contributed by atoms with Crippen molar-refractivity contribution in [3.63, 3.8) is 0 Å². The largest absolute Gasteiger partial charge is 0.302 e. The maximum absolute atomic E-state index is 13.1. The van der Waals surface area contributed by atoms with E-state index in [4.69, 9.17) is 16.6 Å². The third-order valence-electron chi connectivity index (χ3n) is 4.68. The first-order valence-electron chi connectivity index (χ1n) is 9.04. The first-order chi connectivity index (χ1) is 12.9. The van der Waals surface area contributed by atoms with E-state index in [1.165, 1.54) is 11.3 Å². The molecule has 2 aromatic heterocycles. The van der Waals surface area contributed by atoms with E-state index in [2.05, 4.69) is 23.8 Å². The number of fused-ring (bicyclic) bond motifs is 1. The fraction of sp³-hybridized carbons (Fsp3) is 0.421. The van der Waals surface area contributed by atoms with Gasteiger partial charge in [-0.2, -0.15) is 5.10 Å². The minimum atomic E-state index is -0.134. The Balaban J connectivity index is 1.98. The number of aryl methyl sites for hydroxylation is 2. The van der Waals surface area contributed by atoms with Crippen molar-refractivity contribution in [2.24, 2.45) is 7.05 Å². The molecule has 0 saturated heterocycles. The number of rotatable bonds is 7. The molecule has 0 fully saturated rings. The highest BCUT2D eigenvalue weighted by Gasteiger charge is 2.24. The Morgan fingerprint density at radius 2 is 1.96 bits per heavy atom. The van der Waals surface area contributed by atoms with Gasteiger partial charge in [-0.25, -0.2) is 4.98 Å². The van der Waals surface area contributed by atoms with Crippen LogP contribution in [0, 0.1) is 6.92 Å². The average Bonchev–Trinajstić information content (AvgIpc) is 3.28. The van der Waals surface area contributed by atoms with E-state index in [0.717, 1.165) is 35.4 Å². The fourth-order valence-corrected chi connectivity index (χ4v) is 4.14. The molecule has 0 N–H and O–H groups in total. The van der Waals surface area contributed by atoms with E-state index in [0.29, 0.717) is 22.4 Å². The first kappa shape index (κ1) is 19.8. The first-order valence-corrected chi connectivity index (χ1v) is 10.2. The van der Waals surface area contributed by atoms with Crippen molar-refractivity contribution in [2.75, 3.05) is 31.1 Å². The fourth-order valence-electron chi connectivity index (χ4n) is 2.94. The molecule has 8 heteroatoms. The van der Waals surface area contributed by atoms with Gasteiger partial charge in [0.15, 0.2) is 10.8 Å². The molecule has 2 heterocycles. The van der Waals surface area contributed by atoms with Gasteiger partial charge in [0.1, 0.15) is 0 Å². The van der Waals surface area contributed by atoms with E-state index < -0.39 is 0 Å². The molecular weight excluding hydrogens is 382 g/mol. The highest BCUT2D eigenvalue weighted by molar-refractivity contribution is 7.22. The van der Waals surface area contributed by atoms with Gasteiger partial charge in [-0.05, 0) is 43.8 Å². The minimum absolute atomic E-state index is 0.134. The number of amides is 1. The Kier molecular flexibility index (Phi) is 6.14. The van der Waals surface area contributed by atoms with Crippen LogP contribution in [0.2, 0.25) is 5.02 Å². The maximum Gasteiger partial charge on any atom is 0.280 e. The zero-order chi connectivity index (χ0) is 19.6. The van der Waals surface area contributed by atoms with E-state index in [-0.39, 0.29) is 5.91 Å². The lowest BCUT2D eigenvalue weighted by molar-refractivity contribution is 0.0978. The number of carbonyl (C=O) groups excluding carboxylic acids is 1. The second kappa shape index (κ2) is 8.37. The molecule has 0 bridgehead atoms. The summed E-state index contributed by atoms with van der Waals surface area (Å²) in [4.78, 5) is 21.9. The molecule has 0 atom stereocenters. The zero-order valence-corrected chi connectivity index (χ0v) is 17.6. The van der Waals surface area contributed by atoms with Crippen LogP contribution in [-0.2, 0) is 7.05 Å². The van der Waals surface area contributed by atoms with Gasteiger partial charge in [0.2, 0.25) is 0 Å². The lowest BCUT2D eigenvalue weighted by atomic mass is 10.2. The Labute approximate surface area is 168 Å². The molecule has 144 valence electrons. The van der Waals surface area contributed by atoms with E-state index in [1.54, 1.807) is 28.9 Å². The summed E-state index contributed by atoms with van der Waals surface area (Å²) < 4.78 is 2.66. The SMILES string of the molecule is CCN(CC)CCN(C(=O)c1ccn(C)n1)c1nc2c(C)c(Cl)ccc2s1. The molecule has 0 aliphatic carbocycles. The Bertz CT molecular complexity index is 947. The van der Waals surface area contributed by atoms with Crippen molar-refractivity contribution in [1.29, 1.82) is 0 Å². The van der Waals surface area contributed by atoms with Gasteiger partial charge in [-0.15, -0.1) is 0 Å². The number of hydrogen-bond donors (Lipinski definition) is 0. The molecule has 3 aromatic rings.